The summed E-state index contributed by atoms with van der Waals surface area (Å²) in [5.74, 6) is -0.952. The molecule has 0 bridgehead atoms. The molecule has 0 spiro atoms. The smallest absolute Gasteiger partial charge is 0.307 e. The number of ketones is 2. The number of rotatable bonds is 12. The van der Waals surface area contributed by atoms with Gasteiger partial charge in [0, 0.05) is 60.2 Å². The molecule has 0 atom stereocenters. The first-order valence-electron chi connectivity index (χ1n) is 19.0. The van der Waals surface area contributed by atoms with Crippen LogP contribution in [0.25, 0.3) is 12.2 Å². The summed E-state index contributed by atoms with van der Waals surface area (Å²) >= 11 is 11.8. The Morgan fingerprint density at radius 2 is 1.19 bits per heavy atom. The molecule has 13 heteroatoms. The number of halogens is 2. The number of nitrogens with one attached hydrogen (secondary N) is 1. The lowest BCUT2D eigenvalue weighted by molar-refractivity contribution is -0.136. The van der Waals surface area contributed by atoms with Crippen molar-refractivity contribution in [3.8, 4) is 11.5 Å². The van der Waals surface area contributed by atoms with Crippen LogP contribution in [0.15, 0.2) is 71.8 Å². The third-order valence-corrected chi connectivity index (χ3v) is 10.5. The van der Waals surface area contributed by atoms with E-state index in [-0.39, 0.29) is 73.1 Å². The van der Waals surface area contributed by atoms with Gasteiger partial charge >= 0.3 is 5.97 Å². The topological polar surface area (TPSA) is 185 Å². The minimum Gasteiger partial charge on any atom is -0.508 e. The van der Waals surface area contributed by atoms with E-state index in [1.165, 1.54) is 46.4 Å². The summed E-state index contributed by atoms with van der Waals surface area (Å²) in [6.07, 6.45) is 4.54. The van der Waals surface area contributed by atoms with E-state index < -0.39 is 5.97 Å². The van der Waals surface area contributed by atoms with E-state index in [0.29, 0.717) is 47.7 Å². The normalized spacial score (nSPS) is 12.8. The Labute approximate surface area is 354 Å². The first-order valence-corrected chi connectivity index (χ1v) is 19.8. The number of aliphatic hydroxyl groups is 2. The van der Waals surface area contributed by atoms with Crippen molar-refractivity contribution in [3.63, 3.8) is 0 Å². The highest BCUT2D eigenvalue weighted by atomic mass is 35.5. The van der Waals surface area contributed by atoms with E-state index >= 15 is 0 Å². The summed E-state index contributed by atoms with van der Waals surface area (Å²) in [6, 6.07) is 17.0. The molecule has 312 valence electrons. The van der Waals surface area contributed by atoms with Gasteiger partial charge in [0.1, 0.15) is 11.5 Å². The van der Waals surface area contributed by atoms with Gasteiger partial charge < -0.3 is 35.7 Å². The van der Waals surface area contributed by atoms with Crippen LogP contribution in [0, 0.1) is 27.7 Å². The van der Waals surface area contributed by atoms with Crippen LogP contribution < -0.4 is 5.32 Å². The van der Waals surface area contributed by atoms with E-state index in [0.717, 1.165) is 39.0 Å². The summed E-state index contributed by atoms with van der Waals surface area (Å²) < 4.78 is 0. The van der Waals surface area contributed by atoms with Gasteiger partial charge in [-0.3, -0.25) is 19.2 Å². The van der Waals surface area contributed by atoms with Gasteiger partial charge in [0.25, 0.3) is 0 Å². The van der Waals surface area contributed by atoms with E-state index in [9.17, 15) is 29.4 Å². The molecule has 0 radical (unpaired) electrons. The number of hydrogen-bond donors (Lipinski definition) is 6. The number of aliphatic hydroxyl groups excluding tert-OH is 2. The van der Waals surface area contributed by atoms with Crippen LogP contribution in [-0.2, 0) is 44.9 Å². The van der Waals surface area contributed by atoms with Crippen molar-refractivity contribution in [1.29, 1.82) is 0 Å². The molecule has 1 amide bonds. The van der Waals surface area contributed by atoms with E-state index in [1.807, 2.05) is 32.1 Å². The number of Topliss-reactive ketones (excluding diaryl/α,β-unsaturated/α-hetero) is 2. The minimum atomic E-state index is -0.942. The maximum Gasteiger partial charge on any atom is 0.307 e. The van der Waals surface area contributed by atoms with Gasteiger partial charge in [0.2, 0.25) is 5.91 Å². The number of amides is 1. The molecular formula is C46H50Cl2N2O9. The lowest BCUT2D eigenvalue weighted by Crippen LogP contribution is -2.38. The van der Waals surface area contributed by atoms with Crippen LogP contribution in [0.1, 0.15) is 55.6 Å². The molecular weight excluding hydrogens is 795 g/mol. The lowest BCUT2D eigenvalue weighted by Gasteiger charge is -2.26. The molecule has 0 aliphatic heterocycles. The number of aliphatic carboxylic acids is 1. The third kappa shape index (κ3) is 13.4. The Kier molecular flexibility index (Phi) is 17.0. The fourth-order valence-electron chi connectivity index (χ4n) is 6.89. The van der Waals surface area contributed by atoms with Gasteiger partial charge in [-0.15, -0.1) is 0 Å². The van der Waals surface area contributed by atoms with Gasteiger partial charge in [0.15, 0.2) is 11.6 Å². The molecule has 4 aromatic rings. The maximum atomic E-state index is 12.8. The van der Waals surface area contributed by atoms with Gasteiger partial charge in [-0.05, 0) is 109 Å². The van der Waals surface area contributed by atoms with E-state index in [1.54, 1.807) is 6.07 Å². The zero-order chi connectivity index (χ0) is 43.4. The number of aryl methyl sites for hydroxylation is 4. The second-order valence-corrected chi connectivity index (χ2v) is 15.4. The van der Waals surface area contributed by atoms with Gasteiger partial charge in [-0.2, -0.15) is 0 Å². The van der Waals surface area contributed by atoms with Crippen LogP contribution in [-0.4, -0.2) is 93.3 Å². The van der Waals surface area contributed by atoms with Crippen molar-refractivity contribution >= 4 is 58.8 Å². The highest BCUT2D eigenvalue weighted by Crippen LogP contribution is 2.29. The summed E-state index contributed by atoms with van der Waals surface area (Å²) in [5, 5.41) is 48.6. The largest absolute Gasteiger partial charge is 0.508 e. The summed E-state index contributed by atoms with van der Waals surface area (Å²) in [4.78, 5) is 49.3. The Bertz CT molecular complexity index is 2280. The van der Waals surface area contributed by atoms with Crippen molar-refractivity contribution in [3.05, 3.63) is 137 Å². The quantitative estimate of drug-likeness (QED) is 0.0885. The van der Waals surface area contributed by atoms with E-state index in [2.05, 4.69) is 37.4 Å². The second kappa shape index (κ2) is 21.6. The predicted octanol–water partition coefficient (Wildman–Crippen LogP) is 6.30. The van der Waals surface area contributed by atoms with Crippen molar-refractivity contribution in [2.24, 2.45) is 0 Å². The first-order chi connectivity index (χ1) is 28.0. The first kappa shape index (κ1) is 46.4. The van der Waals surface area contributed by atoms with E-state index in [4.69, 9.17) is 38.5 Å². The molecule has 0 saturated heterocycles. The number of phenols is 2. The van der Waals surface area contributed by atoms with Crippen molar-refractivity contribution in [2.45, 2.75) is 53.4 Å². The molecule has 6 rings (SSSR count). The Hall–Kier alpha value is -5.30. The SMILES string of the molecule is Cc1cc(C)c2c(c1)C=C(CN(CCO)C(=O)Cc1ccc(O)cc1Cl)C(=O)C2.Cc1cc(C)c2c(c1)C=C(CNCCO)C(=O)C2.O=C(O)Cc1ccc(O)cc1Cl. The number of aromatic hydroxyl groups is 2. The maximum absolute atomic E-state index is 12.8. The van der Waals surface area contributed by atoms with Crippen molar-refractivity contribution < 1.29 is 44.7 Å². The van der Waals surface area contributed by atoms with Crippen molar-refractivity contribution in [1.82, 2.24) is 10.2 Å². The highest BCUT2D eigenvalue weighted by molar-refractivity contribution is 6.32. The summed E-state index contributed by atoms with van der Waals surface area (Å²) in [5.41, 5.74) is 11.4. The standard InChI is InChI=1S/C23H24ClNO4.C15H19NO2.C8H7ClO3/c1-14-7-15(2)20-12-22(28)18(9-17(20)8-14)13-25(5-6-26)23(29)10-16-3-4-19(27)11-21(16)24;1-10-5-11(2)14-8-15(18)13(7-12(14)6-10)9-16-3-4-17;9-7-4-6(10)2-1-5(7)3-8(11)12/h3-4,7-9,11,26-27H,5-6,10,12-13H2,1-2H3;5-7,16-17H,3-4,8-9H2,1-2H3;1-2,4,10H,3H2,(H,11,12). The minimum absolute atomic E-state index is 0.0112. The van der Waals surface area contributed by atoms with Crippen LogP contribution in [0.3, 0.4) is 0 Å². The molecule has 11 nitrogen and oxygen atoms in total. The number of carboxylic acids is 1. The van der Waals surface area contributed by atoms with Crippen LogP contribution in [0.5, 0.6) is 11.5 Å². The fraction of sp³-hybridized carbons (Fsp3) is 0.304. The fourth-order valence-corrected chi connectivity index (χ4v) is 7.37. The predicted molar refractivity (Wildman–Crippen MR) is 230 cm³/mol. The molecule has 6 N–H and O–H groups in total. The number of carbonyl (C=O) groups excluding carboxylic acids is 3. The van der Waals surface area contributed by atoms with Crippen LogP contribution in [0.2, 0.25) is 10.0 Å². The molecule has 59 heavy (non-hydrogen) atoms. The molecule has 2 aliphatic carbocycles. The average Bonchev–Trinajstić information content (AvgIpc) is 3.15. The summed E-state index contributed by atoms with van der Waals surface area (Å²) in [7, 11) is 0. The van der Waals surface area contributed by atoms with Gasteiger partial charge in [-0.25, -0.2) is 0 Å². The third-order valence-electron chi connectivity index (χ3n) is 9.80. The second-order valence-electron chi connectivity index (χ2n) is 14.6. The molecule has 0 heterocycles. The Morgan fingerprint density at radius 1 is 0.695 bits per heavy atom. The Morgan fingerprint density at radius 3 is 1.66 bits per heavy atom. The molecule has 0 aromatic heterocycles. The zero-order valence-corrected chi connectivity index (χ0v) is 35.1. The molecule has 0 unspecified atom stereocenters. The monoisotopic (exact) mass is 844 g/mol. The number of fused-ring (bicyclic) bond motifs is 2. The van der Waals surface area contributed by atoms with Crippen molar-refractivity contribution in [2.75, 3.05) is 39.4 Å². The van der Waals surface area contributed by atoms with Gasteiger partial charge in [0.05, 0.1) is 26.1 Å². The number of carbonyl (C=O) groups is 4. The molecule has 4 aromatic carbocycles. The molecule has 2 aliphatic rings. The lowest BCUT2D eigenvalue weighted by atomic mass is 9.87. The molecule has 0 saturated carbocycles. The Balaban J connectivity index is 0.000000217. The van der Waals surface area contributed by atoms with Gasteiger partial charge in [-0.1, -0.05) is 70.7 Å². The summed E-state index contributed by atoms with van der Waals surface area (Å²) in [6.45, 7) is 9.35. The number of nitrogens with zero attached hydrogens (tertiary/aromatic N) is 1. The number of hydrogen-bond acceptors (Lipinski definition) is 9. The van der Waals surface area contributed by atoms with Crippen LogP contribution >= 0.6 is 23.2 Å². The highest BCUT2D eigenvalue weighted by Gasteiger charge is 2.25. The van der Waals surface area contributed by atoms with Crippen LogP contribution in [0.4, 0.5) is 0 Å². The zero-order valence-electron chi connectivity index (χ0n) is 33.6. The molecule has 0 fully saturated rings. The number of benzene rings is 4. The average molecular weight is 846 g/mol. The number of carboxylic acid groups (broad SMARTS) is 1. The number of phenolic OH excluding ortho intramolecular Hbond substituents is 2.